The second-order valence-corrected chi connectivity index (χ2v) is 3.94. The van der Waals surface area contributed by atoms with Crippen LogP contribution in [0.15, 0.2) is 29.2 Å². The van der Waals surface area contributed by atoms with Crippen LogP contribution in [-0.2, 0) is 13.0 Å². The Kier molecular flexibility index (Phi) is 2.45. The van der Waals surface area contributed by atoms with Gasteiger partial charge in [-0.3, -0.25) is 0 Å². The van der Waals surface area contributed by atoms with Crippen LogP contribution in [0.25, 0.3) is 11.2 Å². The minimum atomic E-state index is 0.655. The van der Waals surface area contributed by atoms with E-state index in [2.05, 4.69) is 24.6 Å². The van der Waals surface area contributed by atoms with Gasteiger partial charge in [0.25, 0.3) is 0 Å². The van der Waals surface area contributed by atoms with E-state index in [0.717, 1.165) is 11.2 Å². The summed E-state index contributed by atoms with van der Waals surface area (Å²) in [4.78, 5) is 11.4. The van der Waals surface area contributed by atoms with E-state index in [1.807, 2.05) is 16.7 Å². The fourth-order valence-corrected chi connectivity index (χ4v) is 2.00. The minimum absolute atomic E-state index is 0.655. The molecule has 3 aromatic heterocycles. The maximum atomic E-state index is 5.25. The molecule has 0 amide bonds. The van der Waals surface area contributed by atoms with Gasteiger partial charge in [0, 0.05) is 19.2 Å². The van der Waals surface area contributed by atoms with Crippen molar-refractivity contribution in [3.63, 3.8) is 0 Å². The standard InChI is InChI=1S/C10H9N5OS/c17-10-13-7-2-1-4-11-9(7)15(10)5-3-8-12-6-16-14-8/h1-2,4,6H,3,5H2,(H,13,17). The molecule has 3 rings (SSSR count). The van der Waals surface area contributed by atoms with Gasteiger partial charge in [-0.1, -0.05) is 5.16 Å². The molecule has 0 atom stereocenters. The molecule has 86 valence electrons. The Balaban J connectivity index is 1.94. The second-order valence-electron chi connectivity index (χ2n) is 3.55. The molecule has 3 heterocycles. The van der Waals surface area contributed by atoms with Gasteiger partial charge in [0.2, 0.25) is 6.39 Å². The number of aromatic amines is 1. The number of nitrogens with one attached hydrogen (secondary N) is 1. The van der Waals surface area contributed by atoms with Gasteiger partial charge in [0.1, 0.15) is 0 Å². The summed E-state index contributed by atoms with van der Waals surface area (Å²) in [6, 6.07) is 3.82. The van der Waals surface area contributed by atoms with Gasteiger partial charge in [0.05, 0.1) is 5.52 Å². The van der Waals surface area contributed by atoms with E-state index < -0.39 is 0 Å². The molecule has 3 aromatic rings. The van der Waals surface area contributed by atoms with Gasteiger partial charge in [-0.15, -0.1) is 0 Å². The molecule has 0 bridgehead atoms. The zero-order valence-electron chi connectivity index (χ0n) is 8.83. The first kappa shape index (κ1) is 10.2. The third kappa shape index (κ3) is 1.84. The number of rotatable bonds is 3. The van der Waals surface area contributed by atoms with Crippen molar-refractivity contribution in [1.82, 2.24) is 24.7 Å². The first-order valence-electron chi connectivity index (χ1n) is 5.13. The summed E-state index contributed by atoms with van der Waals surface area (Å²) in [7, 11) is 0. The number of aryl methyl sites for hydroxylation is 2. The molecule has 17 heavy (non-hydrogen) atoms. The zero-order chi connectivity index (χ0) is 11.7. The van der Waals surface area contributed by atoms with Gasteiger partial charge in [-0.2, -0.15) is 4.98 Å². The lowest BCUT2D eigenvalue weighted by Gasteiger charge is -2.00. The van der Waals surface area contributed by atoms with Crippen LogP contribution in [0, 0.1) is 4.77 Å². The highest BCUT2D eigenvalue weighted by Gasteiger charge is 2.06. The normalized spacial score (nSPS) is 11.1. The second kappa shape index (κ2) is 4.10. The van der Waals surface area contributed by atoms with Crippen molar-refractivity contribution in [1.29, 1.82) is 0 Å². The lowest BCUT2D eigenvalue weighted by molar-refractivity contribution is 0.408. The van der Waals surface area contributed by atoms with Crippen LogP contribution < -0.4 is 0 Å². The molecule has 0 aliphatic heterocycles. The van der Waals surface area contributed by atoms with Crippen molar-refractivity contribution >= 4 is 23.4 Å². The lowest BCUT2D eigenvalue weighted by Crippen LogP contribution is -2.03. The Hall–Kier alpha value is -2.02. The molecule has 0 aliphatic carbocycles. The Morgan fingerprint density at radius 1 is 1.41 bits per heavy atom. The Morgan fingerprint density at radius 2 is 2.35 bits per heavy atom. The van der Waals surface area contributed by atoms with E-state index in [1.54, 1.807) is 6.20 Å². The number of H-pyrrole nitrogens is 1. The molecule has 1 N–H and O–H groups in total. The molecule has 0 saturated heterocycles. The minimum Gasteiger partial charge on any atom is -0.343 e. The van der Waals surface area contributed by atoms with Gasteiger partial charge < -0.3 is 14.1 Å². The number of hydrogen-bond donors (Lipinski definition) is 1. The third-order valence-corrected chi connectivity index (χ3v) is 2.82. The van der Waals surface area contributed by atoms with Gasteiger partial charge in [0.15, 0.2) is 16.2 Å². The van der Waals surface area contributed by atoms with E-state index in [0.29, 0.717) is 23.6 Å². The smallest absolute Gasteiger partial charge is 0.213 e. The van der Waals surface area contributed by atoms with E-state index in [-0.39, 0.29) is 0 Å². The van der Waals surface area contributed by atoms with Crippen molar-refractivity contribution in [2.24, 2.45) is 0 Å². The van der Waals surface area contributed by atoms with Crippen molar-refractivity contribution in [2.45, 2.75) is 13.0 Å². The van der Waals surface area contributed by atoms with E-state index >= 15 is 0 Å². The summed E-state index contributed by atoms with van der Waals surface area (Å²) >= 11 is 5.25. The number of hydrogen-bond acceptors (Lipinski definition) is 5. The van der Waals surface area contributed by atoms with Gasteiger partial charge in [-0.25, -0.2) is 4.98 Å². The molecule has 0 aromatic carbocycles. The molecule has 7 heteroatoms. The van der Waals surface area contributed by atoms with Crippen molar-refractivity contribution < 1.29 is 4.52 Å². The van der Waals surface area contributed by atoms with Crippen LogP contribution in [-0.4, -0.2) is 24.7 Å². The number of aromatic nitrogens is 5. The number of nitrogens with zero attached hydrogens (tertiary/aromatic N) is 4. The molecular formula is C10H9N5OS. The van der Waals surface area contributed by atoms with Crippen molar-refractivity contribution in [2.75, 3.05) is 0 Å². The Morgan fingerprint density at radius 3 is 3.18 bits per heavy atom. The average Bonchev–Trinajstić information content (AvgIpc) is 2.93. The molecule has 0 fully saturated rings. The maximum Gasteiger partial charge on any atom is 0.213 e. The molecule has 0 unspecified atom stereocenters. The largest absolute Gasteiger partial charge is 0.343 e. The summed E-state index contributed by atoms with van der Waals surface area (Å²) in [5.74, 6) is 0.664. The highest BCUT2D eigenvalue weighted by molar-refractivity contribution is 7.71. The Labute approximate surface area is 101 Å². The van der Waals surface area contributed by atoms with Crippen LogP contribution in [0.5, 0.6) is 0 Å². The fourth-order valence-electron chi connectivity index (χ4n) is 1.71. The average molecular weight is 247 g/mol. The van der Waals surface area contributed by atoms with Crippen LogP contribution in [0.2, 0.25) is 0 Å². The van der Waals surface area contributed by atoms with Crippen LogP contribution >= 0.6 is 12.2 Å². The summed E-state index contributed by atoms with van der Waals surface area (Å²) in [5.41, 5.74) is 1.78. The maximum absolute atomic E-state index is 5.25. The molecule has 0 aliphatic rings. The van der Waals surface area contributed by atoms with Crippen LogP contribution in [0.4, 0.5) is 0 Å². The quantitative estimate of drug-likeness (QED) is 0.713. The Bertz CT molecular complexity index is 684. The molecular weight excluding hydrogens is 238 g/mol. The number of fused-ring (bicyclic) bond motifs is 1. The molecule has 0 spiro atoms. The summed E-state index contributed by atoms with van der Waals surface area (Å²) in [5, 5.41) is 3.76. The molecule has 0 saturated carbocycles. The first-order valence-corrected chi connectivity index (χ1v) is 5.54. The van der Waals surface area contributed by atoms with Crippen LogP contribution in [0.1, 0.15) is 5.82 Å². The first-order chi connectivity index (χ1) is 8.34. The summed E-state index contributed by atoms with van der Waals surface area (Å²) in [6.07, 6.45) is 3.73. The molecule has 6 nitrogen and oxygen atoms in total. The summed E-state index contributed by atoms with van der Waals surface area (Å²) < 4.78 is 7.27. The number of imidazole rings is 1. The fraction of sp³-hybridized carbons (Fsp3) is 0.200. The van der Waals surface area contributed by atoms with Crippen molar-refractivity contribution in [3.05, 3.63) is 35.3 Å². The van der Waals surface area contributed by atoms with Gasteiger partial charge >= 0.3 is 0 Å². The highest BCUT2D eigenvalue weighted by Crippen LogP contribution is 2.11. The number of pyridine rings is 1. The topological polar surface area (TPSA) is 72.5 Å². The predicted octanol–water partition coefficient (Wildman–Crippen LogP) is 1.72. The van der Waals surface area contributed by atoms with E-state index in [9.17, 15) is 0 Å². The van der Waals surface area contributed by atoms with E-state index in [1.165, 1.54) is 6.39 Å². The highest BCUT2D eigenvalue weighted by atomic mass is 32.1. The monoisotopic (exact) mass is 247 g/mol. The molecule has 0 radical (unpaired) electrons. The zero-order valence-corrected chi connectivity index (χ0v) is 9.65. The summed E-state index contributed by atoms with van der Waals surface area (Å²) in [6.45, 7) is 0.676. The van der Waals surface area contributed by atoms with Crippen LogP contribution in [0.3, 0.4) is 0 Å². The predicted molar refractivity (Wildman–Crippen MR) is 62.9 cm³/mol. The van der Waals surface area contributed by atoms with E-state index in [4.69, 9.17) is 12.2 Å². The van der Waals surface area contributed by atoms with Crippen molar-refractivity contribution in [3.8, 4) is 0 Å². The van der Waals surface area contributed by atoms with Gasteiger partial charge in [-0.05, 0) is 24.4 Å². The lowest BCUT2D eigenvalue weighted by atomic mass is 10.4. The SMILES string of the molecule is S=c1[nH]c2cccnc2n1CCc1ncon1. The third-order valence-electron chi connectivity index (χ3n) is 2.50.